The van der Waals surface area contributed by atoms with Crippen LogP contribution in [0.1, 0.15) is 27.9 Å². The summed E-state index contributed by atoms with van der Waals surface area (Å²) in [5.41, 5.74) is 3.80. The molecule has 0 bridgehead atoms. The first kappa shape index (κ1) is 18.2. The average Bonchev–Trinajstić information content (AvgIpc) is 3.26. The van der Waals surface area contributed by atoms with E-state index in [-0.39, 0.29) is 11.5 Å². The number of aryl methyl sites for hydroxylation is 1. The van der Waals surface area contributed by atoms with Crippen molar-refractivity contribution >= 4 is 22.5 Å². The number of rotatable bonds is 4. The number of aromatic amines is 1. The summed E-state index contributed by atoms with van der Waals surface area (Å²) < 4.78 is 5.90. The summed E-state index contributed by atoms with van der Waals surface area (Å²) in [4.78, 5) is 28.2. The van der Waals surface area contributed by atoms with Gasteiger partial charge in [0.1, 0.15) is 11.5 Å². The van der Waals surface area contributed by atoms with Gasteiger partial charge in [-0.3, -0.25) is 9.59 Å². The predicted octanol–water partition coefficient (Wildman–Crippen LogP) is 5.06. The van der Waals surface area contributed by atoms with Gasteiger partial charge in [0.05, 0.1) is 11.1 Å². The molecule has 1 heterocycles. The Balaban J connectivity index is 1.44. The minimum Gasteiger partial charge on any atom is -0.457 e. The topological polar surface area (TPSA) is 71.2 Å². The molecule has 0 spiro atoms. The SMILES string of the molecule is O=C(Nc1ccc2c3c(c(=O)[nH]c2c1)CCC3)c1ccccc1Oc1ccccc1. The van der Waals surface area contributed by atoms with E-state index in [0.717, 1.165) is 41.3 Å². The van der Waals surface area contributed by atoms with Gasteiger partial charge in [-0.1, -0.05) is 36.4 Å². The molecule has 0 radical (unpaired) electrons. The number of nitrogens with one attached hydrogen (secondary N) is 2. The molecule has 5 rings (SSSR count). The molecule has 5 heteroatoms. The Morgan fingerprint density at radius 3 is 2.53 bits per heavy atom. The minimum atomic E-state index is -0.274. The third kappa shape index (κ3) is 3.35. The van der Waals surface area contributed by atoms with E-state index in [1.807, 2.05) is 54.6 Å². The molecule has 2 N–H and O–H groups in total. The van der Waals surface area contributed by atoms with Gasteiger partial charge < -0.3 is 15.0 Å². The molecule has 30 heavy (non-hydrogen) atoms. The molecule has 0 fully saturated rings. The molecular weight excluding hydrogens is 376 g/mol. The van der Waals surface area contributed by atoms with E-state index < -0.39 is 0 Å². The molecule has 0 aliphatic heterocycles. The number of benzene rings is 3. The Hall–Kier alpha value is -3.86. The number of fused-ring (bicyclic) bond motifs is 3. The van der Waals surface area contributed by atoms with Gasteiger partial charge in [0.25, 0.3) is 11.5 Å². The maximum atomic E-state index is 13.0. The highest BCUT2D eigenvalue weighted by Gasteiger charge is 2.18. The van der Waals surface area contributed by atoms with Crippen molar-refractivity contribution in [2.75, 3.05) is 5.32 Å². The monoisotopic (exact) mass is 396 g/mol. The molecule has 0 saturated carbocycles. The summed E-state index contributed by atoms with van der Waals surface area (Å²) >= 11 is 0. The van der Waals surface area contributed by atoms with E-state index in [2.05, 4.69) is 10.3 Å². The number of carbonyl (C=O) groups excluding carboxylic acids is 1. The first-order valence-electron chi connectivity index (χ1n) is 10.00. The molecule has 3 aromatic carbocycles. The fourth-order valence-corrected chi connectivity index (χ4v) is 4.04. The highest BCUT2D eigenvalue weighted by molar-refractivity contribution is 6.07. The smallest absolute Gasteiger partial charge is 0.259 e. The summed E-state index contributed by atoms with van der Waals surface area (Å²) in [7, 11) is 0. The van der Waals surface area contributed by atoms with Gasteiger partial charge in [0.2, 0.25) is 0 Å². The lowest BCUT2D eigenvalue weighted by atomic mass is 10.1. The molecule has 4 aromatic rings. The summed E-state index contributed by atoms with van der Waals surface area (Å²) in [5, 5.41) is 3.97. The number of pyridine rings is 1. The summed E-state index contributed by atoms with van der Waals surface area (Å²) in [6.45, 7) is 0. The van der Waals surface area contributed by atoms with Crippen molar-refractivity contribution in [3.8, 4) is 11.5 Å². The summed E-state index contributed by atoms with van der Waals surface area (Å²) in [6.07, 6.45) is 2.76. The summed E-state index contributed by atoms with van der Waals surface area (Å²) in [5.74, 6) is 0.868. The van der Waals surface area contributed by atoms with Crippen LogP contribution < -0.4 is 15.6 Å². The van der Waals surface area contributed by atoms with Crippen LogP contribution in [0.5, 0.6) is 11.5 Å². The molecule has 0 unspecified atom stereocenters. The lowest BCUT2D eigenvalue weighted by Crippen LogP contribution is -2.14. The number of hydrogen-bond acceptors (Lipinski definition) is 3. The molecule has 1 amide bonds. The Bertz CT molecular complexity index is 1310. The zero-order valence-electron chi connectivity index (χ0n) is 16.3. The Labute approximate surface area is 173 Å². The van der Waals surface area contributed by atoms with E-state index in [4.69, 9.17) is 4.74 Å². The fourth-order valence-electron chi connectivity index (χ4n) is 4.04. The van der Waals surface area contributed by atoms with Crippen LogP contribution >= 0.6 is 0 Å². The van der Waals surface area contributed by atoms with Crippen molar-refractivity contribution in [2.45, 2.75) is 19.3 Å². The van der Waals surface area contributed by atoms with Crippen molar-refractivity contribution in [3.63, 3.8) is 0 Å². The van der Waals surface area contributed by atoms with Crippen LogP contribution in [0.3, 0.4) is 0 Å². The quantitative estimate of drug-likeness (QED) is 0.506. The van der Waals surface area contributed by atoms with Gasteiger partial charge in [0, 0.05) is 16.6 Å². The minimum absolute atomic E-state index is 0.0277. The Morgan fingerprint density at radius 1 is 0.900 bits per heavy atom. The van der Waals surface area contributed by atoms with Crippen molar-refractivity contribution in [3.05, 3.63) is 99.8 Å². The number of anilines is 1. The van der Waals surface area contributed by atoms with Crippen molar-refractivity contribution in [2.24, 2.45) is 0 Å². The molecule has 1 aliphatic rings. The van der Waals surface area contributed by atoms with Gasteiger partial charge in [-0.25, -0.2) is 0 Å². The third-order valence-electron chi connectivity index (χ3n) is 5.45. The Kier molecular flexibility index (Phi) is 4.56. The van der Waals surface area contributed by atoms with Crippen LogP contribution in [0.15, 0.2) is 77.6 Å². The number of H-pyrrole nitrogens is 1. The van der Waals surface area contributed by atoms with E-state index in [0.29, 0.717) is 22.7 Å². The Morgan fingerprint density at radius 2 is 1.67 bits per heavy atom. The number of ether oxygens (including phenoxy) is 1. The molecule has 1 aromatic heterocycles. The highest BCUT2D eigenvalue weighted by atomic mass is 16.5. The standard InChI is InChI=1S/C25H20N2O3/c28-24-20-11-6-10-18(20)19-14-13-16(15-22(19)27-24)26-25(29)21-9-4-5-12-23(21)30-17-7-2-1-3-8-17/h1-5,7-9,12-15H,6,10-11H2,(H,26,29)(H,27,28). The molecule has 1 aliphatic carbocycles. The van der Waals surface area contributed by atoms with Crippen LogP contribution in [0.25, 0.3) is 10.9 Å². The molecule has 0 atom stereocenters. The second-order valence-electron chi connectivity index (χ2n) is 7.39. The zero-order chi connectivity index (χ0) is 20.5. The van der Waals surface area contributed by atoms with Gasteiger partial charge >= 0.3 is 0 Å². The number of amides is 1. The lowest BCUT2D eigenvalue weighted by Gasteiger charge is -2.12. The number of hydrogen-bond donors (Lipinski definition) is 2. The normalized spacial score (nSPS) is 12.5. The first-order chi connectivity index (χ1) is 14.7. The van der Waals surface area contributed by atoms with Crippen molar-refractivity contribution < 1.29 is 9.53 Å². The van der Waals surface area contributed by atoms with Gasteiger partial charge in [-0.05, 0) is 61.2 Å². The average molecular weight is 396 g/mol. The third-order valence-corrected chi connectivity index (χ3v) is 5.45. The largest absolute Gasteiger partial charge is 0.457 e. The first-order valence-corrected chi connectivity index (χ1v) is 10.00. The molecular formula is C25H20N2O3. The van der Waals surface area contributed by atoms with Gasteiger partial charge in [-0.15, -0.1) is 0 Å². The van der Waals surface area contributed by atoms with Crippen molar-refractivity contribution in [1.29, 1.82) is 0 Å². The maximum Gasteiger partial charge on any atom is 0.259 e. The van der Waals surface area contributed by atoms with Crippen LogP contribution in [-0.4, -0.2) is 10.9 Å². The van der Waals surface area contributed by atoms with Crippen molar-refractivity contribution in [1.82, 2.24) is 4.98 Å². The predicted molar refractivity (Wildman–Crippen MR) is 118 cm³/mol. The van der Waals surface area contributed by atoms with Crippen LogP contribution in [0, 0.1) is 0 Å². The lowest BCUT2D eigenvalue weighted by molar-refractivity contribution is 0.102. The van der Waals surface area contributed by atoms with E-state index in [1.165, 1.54) is 0 Å². The molecule has 0 saturated heterocycles. The zero-order valence-corrected chi connectivity index (χ0v) is 16.3. The fraction of sp³-hybridized carbons (Fsp3) is 0.120. The number of carbonyl (C=O) groups is 1. The maximum absolute atomic E-state index is 13.0. The highest BCUT2D eigenvalue weighted by Crippen LogP contribution is 2.29. The second kappa shape index (κ2) is 7.52. The number of para-hydroxylation sites is 2. The number of aromatic nitrogens is 1. The molecule has 5 nitrogen and oxygen atoms in total. The van der Waals surface area contributed by atoms with E-state index in [9.17, 15) is 9.59 Å². The summed E-state index contributed by atoms with van der Waals surface area (Å²) in [6, 6.07) is 22.1. The van der Waals surface area contributed by atoms with Crippen LogP contribution in [-0.2, 0) is 12.8 Å². The van der Waals surface area contributed by atoms with Crippen LogP contribution in [0.2, 0.25) is 0 Å². The second-order valence-corrected chi connectivity index (χ2v) is 7.39. The van der Waals surface area contributed by atoms with E-state index in [1.54, 1.807) is 18.2 Å². The van der Waals surface area contributed by atoms with Gasteiger partial charge in [0.15, 0.2) is 0 Å². The van der Waals surface area contributed by atoms with Crippen LogP contribution in [0.4, 0.5) is 5.69 Å². The molecule has 148 valence electrons. The van der Waals surface area contributed by atoms with E-state index >= 15 is 0 Å². The van der Waals surface area contributed by atoms with Gasteiger partial charge in [-0.2, -0.15) is 0 Å².